The fourth-order valence-electron chi connectivity index (χ4n) is 2.07. The van der Waals surface area contributed by atoms with Crippen molar-refractivity contribution < 1.29 is 8.42 Å². The zero-order valence-electron chi connectivity index (χ0n) is 10.4. The van der Waals surface area contributed by atoms with Crippen molar-refractivity contribution in [1.29, 1.82) is 0 Å². The first-order chi connectivity index (χ1) is 8.41. The Morgan fingerprint density at radius 2 is 1.94 bits per heavy atom. The highest BCUT2D eigenvalue weighted by Gasteiger charge is 2.32. The van der Waals surface area contributed by atoms with Gasteiger partial charge in [-0.05, 0) is 14.0 Å². The maximum atomic E-state index is 12.4. The lowest BCUT2D eigenvalue weighted by Crippen LogP contribution is -2.52. The molecule has 1 atom stereocenters. The molecule has 0 saturated carbocycles. The largest absolute Gasteiger partial charge is 0.368 e. The molecule has 2 rings (SSSR count). The van der Waals surface area contributed by atoms with Crippen LogP contribution >= 0.6 is 0 Å². The summed E-state index contributed by atoms with van der Waals surface area (Å²) < 4.78 is 26.3. The van der Waals surface area contributed by atoms with Crippen molar-refractivity contribution in [3.8, 4) is 0 Å². The number of rotatable bonds is 2. The topological polar surface area (TPSA) is 92.4 Å². The first-order valence-corrected chi connectivity index (χ1v) is 7.13. The summed E-state index contributed by atoms with van der Waals surface area (Å²) in [5, 5.41) is 0. The molecule has 1 fully saturated rings. The van der Waals surface area contributed by atoms with Crippen molar-refractivity contribution in [2.75, 3.05) is 32.4 Å². The molecule has 1 aromatic rings. The van der Waals surface area contributed by atoms with E-state index in [0.29, 0.717) is 6.54 Å². The van der Waals surface area contributed by atoms with E-state index in [1.54, 1.807) is 0 Å². The summed E-state index contributed by atoms with van der Waals surface area (Å²) in [7, 11) is -1.55. The average Bonchev–Trinajstić information content (AvgIpc) is 2.29. The third-order valence-corrected chi connectivity index (χ3v) is 4.99. The van der Waals surface area contributed by atoms with Gasteiger partial charge in [-0.2, -0.15) is 4.31 Å². The van der Waals surface area contributed by atoms with Crippen LogP contribution in [0.2, 0.25) is 0 Å². The van der Waals surface area contributed by atoms with Crippen LogP contribution in [0.5, 0.6) is 0 Å². The molecule has 2 N–H and O–H groups in total. The van der Waals surface area contributed by atoms with Gasteiger partial charge >= 0.3 is 0 Å². The lowest BCUT2D eigenvalue weighted by atomic mass is 10.2. The second-order valence-corrected chi connectivity index (χ2v) is 6.39. The van der Waals surface area contributed by atoms with Gasteiger partial charge in [-0.25, -0.2) is 18.4 Å². The number of nitrogens with two attached hydrogens (primary N) is 1. The Morgan fingerprint density at radius 1 is 1.33 bits per heavy atom. The fraction of sp³-hybridized carbons (Fsp3) is 0.600. The van der Waals surface area contributed by atoms with Crippen molar-refractivity contribution in [2.45, 2.75) is 17.9 Å². The second-order valence-electron chi connectivity index (χ2n) is 4.50. The van der Waals surface area contributed by atoms with Crippen molar-refractivity contribution in [2.24, 2.45) is 0 Å². The molecular formula is C10H17N5O2S. The standard InChI is InChI=1S/C10H17N5O2S/c1-8-7-14(2)3-4-15(8)18(16,17)9-5-12-10(11)13-6-9/h5-6,8H,3-4,7H2,1-2H3,(H2,11,12,13). The van der Waals surface area contributed by atoms with Gasteiger partial charge in [0.05, 0.1) is 12.4 Å². The first-order valence-electron chi connectivity index (χ1n) is 5.69. The molecule has 1 aromatic heterocycles. The number of hydrogen-bond acceptors (Lipinski definition) is 6. The summed E-state index contributed by atoms with van der Waals surface area (Å²) in [6.45, 7) is 3.81. The van der Waals surface area contributed by atoms with E-state index >= 15 is 0 Å². The van der Waals surface area contributed by atoms with Gasteiger partial charge < -0.3 is 10.6 Å². The number of nitrogens with zero attached hydrogens (tertiary/aromatic N) is 4. The van der Waals surface area contributed by atoms with E-state index < -0.39 is 10.0 Å². The highest BCUT2D eigenvalue weighted by atomic mass is 32.2. The predicted molar refractivity (Wildman–Crippen MR) is 67.3 cm³/mol. The zero-order valence-corrected chi connectivity index (χ0v) is 11.3. The Bertz CT molecular complexity index is 516. The van der Waals surface area contributed by atoms with Crippen LogP contribution in [-0.2, 0) is 10.0 Å². The maximum absolute atomic E-state index is 12.4. The Hall–Kier alpha value is -1.25. The van der Waals surface area contributed by atoms with Crippen LogP contribution in [0.3, 0.4) is 0 Å². The summed E-state index contributed by atoms with van der Waals surface area (Å²) in [6, 6.07) is -0.0636. The minimum atomic E-state index is -3.53. The molecule has 0 bridgehead atoms. The minimum Gasteiger partial charge on any atom is -0.368 e. The molecular weight excluding hydrogens is 254 g/mol. The van der Waals surface area contributed by atoms with E-state index in [4.69, 9.17) is 5.73 Å². The Kier molecular flexibility index (Phi) is 3.51. The second kappa shape index (κ2) is 4.79. The van der Waals surface area contributed by atoms with Gasteiger partial charge in [0.2, 0.25) is 16.0 Å². The van der Waals surface area contributed by atoms with Crippen LogP contribution in [0, 0.1) is 0 Å². The summed E-state index contributed by atoms with van der Waals surface area (Å²) >= 11 is 0. The quantitative estimate of drug-likeness (QED) is 0.771. The fourth-order valence-corrected chi connectivity index (χ4v) is 3.58. The van der Waals surface area contributed by atoms with Crippen LogP contribution in [0.1, 0.15) is 6.92 Å². The maximum Gasteiger partial charge on any atom is 0.246 e. The number of aromatic nitrogens is 2. The normalized spacial score (nSPS) is 23.1. The predicted octanol–water partition coefficient (Wildman–Crippen LogP) is -0.617. The number of hydrogen-bond donors (Lipinski definition) is 1. The van der Waals surface area contributed by atoms with Crippen molar-refractivity contribution in [3.05, 3.63) is 12.4 Å². The third kappa shape index (κ3) is 2.45. The summed E-state index contributed by atoms with van der Waals surface area (Å²) in [4.78, 5) is 9.66. The highest BCUT2D eigenvalue weighted by molar-refractivity contribution is 7.89. The smallest absolute Gasteiger partial charge is 0.246 e. The molecule has 7 nitrogen and oxygen atoms in total. The number of sulfonamides is 1. The van der Waals surface area contributed by atoms with Crippen LogP contribution in [0.15, 0.2) is 17.3 Å². The van der Waals surface area contributed by atoms with Crippen LogP contribution in [-0.4, -0.2) is 60.3 Å². The van der Waals surface area contributed by atoms with Gasteiger partial charge in [0.1, 0.15) is 4.90 Å². The molecule has 0 amide bonds. The lowest BCUT2D eigenvalue weighted by molar-refractivity contribution is 0.170. The molecule has 1 aliphatic heterocycles. The molecule has 8 heteroatoms. The summed E-state index contributed by atoms with van der Waals surface area (Å²) in [5.74, 6) is 0.0698. The van der Waals surface area contributed by atoms with E-state index in [1.807, 2.05) is 14.0 Å². The molecule has 1 aliphatic rings. The molecule has 0 aromatic carbocycles. The van der Waals surface area contributed by atoms with Gasteiger partial charge in [0.15, 0.2) is 0 Å². The van der Waals surface area contributed by atoms with Crippen molar-refractivity contribution >= 4 is 16.0 Å². The first kappa shape index (κ1) is 13.2. The Morgan fingerprint density at radius 3 is 2.50 bits per heavy atom. The Labute approximate surface area is 107 Å². The highest BCUT2D eigenvalue weighted by Crippen LogP contribution is 2.19. The molecule has 1 unspecified atom stereocenters. The van der Waals surface area contributed by atoms with Crippen LogP contribution in [0.25, 0.3) is 0 Å². The Balaban J connectivity index is 2.28. The van der Waals surface area contributed by atoms with E-state index in [0.717, 1.165) is 13.1 Å². The third-order valence-electron chi connectivity index (χ3n) is 3.02. The lowest BCUT2D eigenvalue weighted by Gasteiger charge is -2.36. The molecule has 0 aliphatic carbocycles. The van der Waals surface area contributed by atoms with E-state index in [-0.39, 0.29) is 16.9 Å². The molecule has 2 heterocycles. The number of anilines is 1. The van der Waals surface area contributed by atoms with Crippen molar-refractivity contribution in [1.82, 2.24) is 19.2 Å². The van der Waals surface area contributed by atoms with Gasteiger partial charge in [-0.15, -0.1) is 0 Å². The number of nitrogen functional groups attached to an aromatic ring is 1. The SMILES string of the molecule is CC1CN(C)CCN1S(=O)(=O)c1cnc(N)nc1. The number of piperazine rings is 1. The molecule has 0 spiro atoms. The minimum absolute atomic E-state index is 0.0636. The van der Waals surface area contributed by atoms with E-state index in [9.17, 15) is 8.42 Å². The van der Waals surface area contributed by atoms with E-state index in [1.165, 1.54) is 16.7 Å². The van der Waals surface area contributed by atoms with Gasteiger partial charge in [-0.1, -0.05) is 0 Å². The van der Waals surface area contributed by atoms with Crippen LogP contribution < -0.4 is 5.73 Å². The summed E-state index contributed by atoms with van der Waals surface area (Å²) in [5.41, 5.74) is 5.36. The van der Waals surface area contributed by atoms with E-state index in [2.05, 4.69) is 14.9 Å². The molecule has 1 saturated heterocycles. The van der Waals surface area contributed by atoms with Gasteiger partial charge in [0, 0.05) is 25.7 Å². The van der Waals surface area contributed by atoms with Gasteiger partial charge in [0.25, 0.3) is 0 Å². The van der Waals surface area contributed by atoms with Crippen LogP contribution in [0.4, 0.5) is 5.95 Å². The molecule has 0 radical (unpaired) electrons. The van der Waals surface area contributed by atoms with Gasteiger partial charge in [-0.3, -0.25) is 0 Å². The molecule has 18 heavy (non-hydrogen) atoms. The van der Waals surface area contributed by atoms with Crippen molar-refractivity contribution in [3.63, 3.8) is 0 Å². The summed E-state index contributed by atoms with van der Waals surface area (Å²) in [6.07, 6.45) is 2.51. The monoisotopic (exact) mass is 271 g/mol. The molecule has 100 valence electrons. The zero-order chi connectivity index (χ0) is 13.3. The number of likely N-dealkylation sites (N-methyl/N-ethyl adjacent to an activating group) is 1. The average molecular weight is 271 g/mol.